The maximum atomic E-state index is 5.31. The maximum absolute atomic E-state index is 5.31. The zero-order chi connectivity index (χ0) is 25.7. The molecule has 3 aromatic heterocycles. The second kappa shape index (κ2) is 5.93. The highest BCUT2D eigenvalue weighted by Crippen LogP contribution is 2.76. The Bertz CT molecular complexity index is 1590. The summed E-state index contributed by atoms with van der Waals surface area (Å²) < 4.78 is 2.35. The molecule has 0 radical (unpaired) electrons. The molecular formula is C32H41N3. The van der Waals surface area contributed by atoms with Crippen LogP contribution in [-0.4, -0.2) is 14.4 Å². The molecule has 2 aliphatic carbocycles. The Labute approximate surface area is 210 Å². The summed E-state index contributed by atoms with van der Waals surface area (Å²) in [5, 5.41) is 2.34. The monoisotopic (exact) mass is 467 g/mol. The molecule has 0 amide bonds. The molecule has 0 spiro atoms. The third-order valence-electron chi connectivity index (χ3n) is 11.7. The van der Waals surface area contributed by atoms with E-state index in [2.05, 4.69) is 112 Å². The van der Waals surface area contributed by atoms with Gasteiger partial charge in [0.1, 0.15) is 5.65 Å². The van der Waals surface area contributed by atoms with E-state index in [1.807, 2.05) is 6.20 Å². The third kappa shape index (κ3) is 2.22. The lowest BCUT2D eigenvalue weighted by molar-refractivity contribution is -0.0103. The standard InChI is InChI=1S/C32H41N3/c1-27(2,3)22-15-18-13-14-35-25-21(34-26(35)19(18)17-33-22)16-20-23-24(25)29(6,7)31(10,11)32(23,12)30(8,9)28(20,4)5/h13-17H,1-12H3. The van der Waals surface area contributed by atoms with Gasteiger partial charge in [-0.05, 0) is 61.9 Å². The summed E-state index contributed by atoms with van der Waals surface area (Å²) in [4.78, 5) is 10.2. The normalized spacial score (nSPS) is 25.6. The predicted molar refractivity (Wildman–Crippen MR) is 148 cm³/mol. The van der Waals surface area contributed by atoms with Crippen LogP contribution >= 0.6 is 0 Å². The average molecular weight is 468 g/mol. The first-order valence-electron chi connectivity index (χ1n) is 13.2. The Balaban J connectivity index is 1.80. The van der Waals surface area contributed by atoms with E-state index in [9.17, 15) is 0 Å². The Kier molecular flexibility index (Phi) is 3.90. The summed E-state index contributed by atoms with van der Waals surface area (Å²) in [6.45, 7) is 29.0. The molecule has 6 rings (SSSR count). The minimum atomic E-state index is -0.00161. The molecular weight excluding hydrogens is 426 g/mol. The summed E-state index contributed by atoms with van der Waals surface area (Å²) >= 11 is 0. The molecule has 0 saturated carbocycles. The van der Waals surface area contributed by atoms with Gasteiger partial charge in [0, 0.05) is 34.3 Å². The molecule has 1 atom stereocenters. The summed E-state index contributed by atoms with van der Waals surface area (Å²) in [7, 11) is 0. The molecule has 2 aliphatic rings. The molecule has 3 nitrogen and oxygen atoms in total. The van der Waals surface area contributed by atoms with Crippen molar-refractivity contribution in [2.24, 2.45) is 10.8 Å². The van der Waals surface area contributed by atoms with Crippen molar-refractivity contribution in [2.45, 2.75) is 105 Å². The van der Waals surface area contributed by atoms with E-state index < -0.39 is 0 Å². The van der Waals surface area contributed by atoms with Crippen molar-refractivity contribution in [1.29, 1.82) is 0 Å². The van der Waals surface area contributed by atoms with Crippen LogP contribution in [0.2, 0.25) is 0 Å². The highest BCUT2D eigenvalue weighted by molar-refractivity contribution is 6.00. The van der Waals surface area contributed by atoms with Gasteiger partial charge in [-0.25, -0.2) is 4.98 Å². The smallest absolute Gasteiger partial charge is 0.147 e. The van der Waals surface area contributed by atoms with Gasteiger partial charge in [0.25, 0.3) is 0 Å². The number of nitrogens with zero attached hydrogens (tertiary/aromatic N) is 3. The Morgan fingerprint density at radius 3 is 2.06 bits per heavy atom. The minimum absolute atomic E-state index is 0.00161. The first kappa shape index (κ1) is 23.0. The average Bonchev–Trinajstić information content (AvgIpc) is 3.22. The molecule has 1 aromatic carbocycles. The highest BCUT2D eigenvalue weighted by Gasteiger charge is 2.72. The van der Waals surface area contributed by atoms with Crippen LogP contribution in [0.15, 0.2) is 30.6 Å². The fourth-order valence-electron chi connectivity index (χ4n) is 7.88. The van der Waals surface area contributed by atoms with Crippen molar-refractivity contribution in [2.75, 3.05) is 0 Å². The molecule has 3 heterocycles. The maximum Gasteiger partial charge on any atom is 0.147 e. The number of hydrogen-bond acceptors (Lipinski definition) is 2. The minimum Gasteiger partial charge on any atom is -0.299 e. The number of hydrogen-bond donors (Lipinski definition) is 0. The van der Waals surface area contributed by atoms with E-state index in [0.29, 0.717) is 0 Å². The van der Waals surface area contributed by atoms with Crippen molar-refractivity contribution < 1.29 is 0 Å². The molecule has 3 heteroatoms. The fraction of sp³-hybridized carbons (Fsp3) is 0.562. The number of fused-ring (bicyclic) bond motifs is 6. The van der Waals surface area contributed by atoms with Gasteiger partial charge in [-0.1, -0.05) is 83.1 Å². The molecule has 184 valence electrons. The van der Waals surface area contributed by atoms with Crippen molar-refractivity contribution in [3.05, 3.63) is 53.0 Å². The third-order valence-corrected chi connectivity index (χ3v) is 11.7. The van der Waals surface area contributed by atoms with Gasteiger partial charge < -0.3 is 0 Å². The molecule has 1 unspecified atom stereocenters. The van der Waals surface area contributed by atoms with Crippen molar-refractivity contribution >= 4 is 27.5 Å². The first-order valence-corrected chi connectivity index (χ1v) is 13.2. The number of benzene rings is 1. The van der Waals surface area contributed by atoms with Crippen LogP contribution < -0.4 is 0 Å². The SMILES string of the molecule is CC(C)(C)c1cc2ccn3c(nc4cc5c6c(c43)C(C)(C)C(C)(C)C6(C)C(C)(C)C5(C)C)c2cn1. The van der Waals surface area contributed by atoms with E-state index >= 15 is 0 Å². The van der Waals surface area contributed by atoms with Gasteiger partial charge in [0.2, 0.25) is 0 Å². The van der Waals surface area contributed by atoms with Crippen LogP contribution in [-0.2, 0) is 21.7 Å². The molecule has 0 fully saturated rings. The summed E-state index contributed by atoms with van der Waals surface area (Å²) in [5.41, 5.74) is 9.42. The highest BCUT2D eigenvalue weighted by atomic mass is 15.0. The number of rotatable bonds is 0. The lowest BCUT2D eigenvalue weighted by Gasteiger charge is -2.56. The molecule has 0 bridgehead atoms. The molecule has 0 aliphatic heterocycles. The van der Waals surface area contributed by atoms with Crippen LogP contribution in [0.25, 0.3) is 27.5 Å². The zero-order valence-electron chi connectivity index (χ0n) is 23.7. The number of aromatic nitrogens is 3. The first-order chi connectivity index (χ1) is 15.9. The zero-order valence-corrected chi connectivity index (χ0v) is 23.7. The lowest BCUT2D eigenvalue weighted by atomic mass is 9.47. The molecule has 35 heavy (non-hydrogen) atoms. The molecule has 0 saturated heterocycles. The summed E-state index contributed by atoms with van der Waals surface area (Å²) in [5.74, 6) is 0. The van der Waals surface area contributed by atoms with Crippen LogP contribution in [0.5, 0.6) is 0 Å². The van der Waals surface area contributed by atoms with Crippen molar-refractivity contribution in [3.63, 3.8) is 0 Å². The Hall–Kier alpha value is -2.42. The number of imidazole rings is 1. The van der Waals surface area contributed by atoms with Crippen molar-refractivity contribution in [3.8, 4) is 0 Å². The lowest BCUT2D eigenvalue weighted by Crippen LogP contribution is -2.55. The van der Waals surface area contributed by atoms with Gasteiger partial charge in [-0.3, -0.25) is 9.38 Å². The second-order valence-electron chi connectivity index (χ2n) is 14.7. The molecule has 4 aromatic rings. The topological polar surface area (TPSA) is 30.2 Å². The number of pyridine rings is 2. The van der Waals surface area contributed by atoms with Crippen LogP contribution in [0.1, 0.15) is 105 Å². The Morgan fingerprint density at radius 1 is 0.800 bits per heavy atom. The van der Waals surface area contributed by atoms with Crippen LogP contribution in [0, 0.1) is 10.8 Å². The fourth-order valence-corrected chi connectivity index (χ4v) is 7.88. The predicted octanol–water partition coefficient (Wildman–Crippen LogP) is 8.23. The van der Waals surface area contributed by atoms with Gasteiger partial charge >= 0.3 is 0 Å². The quantitative estimate of drug-likeness (QED) is 0.261. The van der Waals surface area contributed by atoms with Crippen molar-refractivity contribution in [1.82, 2.24) is 14.4 Å². The summed E-state index contributed by atoms with van der Waals surface area (Å²) in [6, 6.07) is 6.92. The second-order valence-corrected chi connectivity index (χ2v) is 14.7. The van der Waals surface area contributed by atoms with Gasteiger partial charge in [0.05, 0.1) is 11.0 Å². The van der Waals surface area contributed by atoms with Gasteiger partial charge in [-0.15, -0.1) is 0 Å². The summed E-state index contributed by atoms with van der Waals surface area (Å²) in [6.07, 6.45) is 4.28. The van der Waals surface area contributed by atoms with E-state index in [1.165, 1.54) is 22.0 Å². The van der Waals surface area contributed by atoms with Crippen LogP contribution in [0.4, 0.5) is 0 Å². The Morgan fingerprint density at radius 2 is 1.43 bits per heavy atom. The van der Waals surface area contributed by atoms with E-state index in [-0.39, 0.29) is 32.5 Å². The van der Waals surface area contributed by atoms with E-state index in [0.717, 1.165) is 22.2 Å². The largest absolute Gasteiger partial charge is 0.299 e. The van der Waals surface area contributed by atoms with E-state index in [4.69, 9.17) is 9.97 Å². The van der Waals surface area contributed by atoms with Crippen LogP contribution in [0.3, 0.4) is 0 Å². The van der Waals surface area contributed by atoms with Gasteiger partial charge in [0.15, 0.2) is 0 Å². The van der Waals surface area contributed by atoms with E-state index in [1.54, 1.807) is 5.56 Å². The van der Waals surface area contributed by atoms with Gasteiger partial charge in [-0.2, -0.15) is 0 Å². The molecule has 0 N–H and O–H groups in total.